The first-order valence-electron chi connectivity index (χ1n) is 15.2. The first kappa shape index (κ1) is 25.8. The number of anilines is 3. The third kappa shape index (κ3) is 4.40. The van der Waals surface area contributed by atoms with Crippen LogP contribution >= 0.6 is 11.3 Å². The topological polar surface area (TPSA) is 16.4 Å². The molecule has 0 radical (unpaired) electrons. The highest BCUT2D eigenvalue weighted by Gasteiger charge is 2.17. The monoisotopic (exact) mass is 593 g/mol. The summed E-state index contributed by atoms with van der Waals surface area (Å²) in [5.41, 5.74) is 9.97. The van der Waals surface area contributed by atoms with Crippen molar-refractivity contribution in [3.63, 3.8) is 0 Å². The van der Waals surface area contributed by atoms with Crippen LogP contribution in [0.25, 0.3) is 64.4 Å². The van der Waals surface area contributed by atoms with E-state index in [-0.39, 0.29) is 0 Å². The van der Waals surface area contributed by atoms with Crippen LogP contribution in [0, 0.1) is 0 Å². The van der Waals surface area contributed by atoms with Crippen LogP contribution in [-0.2, 0) is 0 Å². The molecule has 0 fully saturated rings. The van der Waals surface area contributed by atoms with Crippen LogP contribution < -0.4 is 4.90 Å². The zero-order chi connectivity index (χ0) is 29.7. The molecule has 0 spiro atoms. The Morgan fingerprint density at radius 1 is 0.400 bits per heavy atom. The zero-order valence-electron chi connectivity index (χ0n) is 24.4. The van der Waals surface area contributed by atoms with Gasteiger partial charge in [-0.25, -0.2) is 0 Å². The molecule has 0 atom stereocenters. The van der Waals surface area contributed by atoms with E-state index in [2.05, 4.69) is 157 Å². The van der Waals surface area contributed by atoms with Gasteiger partial charge in [-0.1, -0.05) is 109 Å². The van der Waals surface area contributed by atoms with Crippen LogP contribution in [0.1, 0.15) is 0 Å². The third-order valence-corrected chi connectivity index (χ3v) is 9.91. The van der Waals surface area contributed by atoms with Crippen LogP contribution in [0.3, 0.4) is 0 Å². The van der Waals surface area contributed by atoms with Crippen molar-refractivity contribution in [1.29, 1.82) is 0 Å². The fourth-order valence-electron chi connectivity index (χ4n) is 6.50. The molecule has 3 heteroatoms. The van der Waals surface area contributed by atoms with Crippen LogP contribution in [0.15, 0.2) is 168 Å². The first-order valence-corrected chi connectivity index (χ1v) is 16.0. The minimum Gasteiger partial charge on any atom is -0.456 e. The molecule has 45 heavy (non-hydrogen) atoms. The highest BCUT2D eigenvalue weighted by Crippen LogP contribution is 2.42. The van der Waals surface area contributed by atoms with Crippen molar-refractivity contribution in [2.45, 2.75) is 0 Å². The Labute approximate surface area is 265 Å². The second-order valence-corrected chi connectivity index (χ2v) is 12.4. The Morgan fingerprint density at radius 3 is 1.80 bits per heavy atom. The number of nitrogens with zero attached hydrogens (tertiary/aromatic N) is 1. The molecule has 0 aliphatic rings. The average Bonchev–Trinajstić information content (AvgIpc) is 3.68. The van der Waals surface area contributed by atoms with Crippen LogP contribution in [0.2, 0.25) is 0 Å². The summed E-state index contributed by atoms with van der Waals surface area (Å²) in [6, 6.07) is 58.5. The van der Waals surface area contributed by atoms with Gasteiger partial charge in [-0.2, -0.15) is 0 Å². The van der Waals surface area contributed by atoms with Crippen molar-refractivity contribution in [2.24, 2.45) is 0 Å². The average molecular weight is 594 g/mol. The Kier molecular flexibility index (Phi) is 6.03. The molecule has 0 aliphatic heterocycles. The Morgan fingerprint density at radius 2 is 1.00 bits per heavy atom. The van der Waals surface area contributed by atoms with Crippen molar-refractivity contribution in [3.8, 4) is 22.3 Å². The number of hydrogen-bond donors (Lipinski definition) is 0. The molecule has 2 heterocycles. The fourth-order valence-corrected chi connectivity index (χ4v) is 7.74. The van der Waals surface area contributed by atoms with Crippen LogP contribution in [0.4, 0.5) is 17.1 Å². The van der Waals surface area contributed by atoms with E-state index in [1.807, 2.05) is 23.5 Å². The quantitative estimate of drug-likeness (QED) is 0.197. The molecule has 0 saturated carbocycles. The summed E-state index contributed by atoms with van der Waals surface area (Å²) >= 11 is 1.87. The molecule has 2 nitrogen and oxygen atoms in total. The van der Waals surface area contributed by atoms with Gasteiger partial charge < -0.3 is 9.32 Å². The zero-order valence-corrected chi connectivity index (χ0v) is 25.2. The Balaban J connectivity index is 1.17. The van der Waals surface area contributed by atoms with E-state index in [1.54, 1.807) is 0 Å². The van der Waals surface area contributed by atoms with Gasteiger partial charge in [0.2, 0.25) is 0 Å². The Hall–Kier alpha value is -5.64. The summed E-state index contributed by atoms with van der Waals surface area (Å²) in [6.07, 6.45) is 0. The number of fused-ring (bicyclic) bond motifs is 6. The van der Waals surface area contributed by atoms with E-state index < -0.39 is 0 Å². The van der Waals surface area contributed by atoms with Crippen molar-refractivity contribution in [3.05, 3.63) is 164 Å². The van der Waals surface area contributed by atoms with Crippen molar-refractivity contribution in [1.82, 2.24) is 0 Å². The maximum Gasteiger partial charge on any atom is 0.135 e. The SMILES string of the molecule is c1ccc(-c2ccc(N(c3ccc(-c4cccc5c4sc4ccccc45)cc3)c3ccc4oc5ccccc5c4c3)cc2)cc1. The van der Waals surface area contributed by atoms with Gasteiger partial charge in [0.15, 0.2) is 0 Å². The van der Waals surface area contributed by atoms with Gasteiger partial charge in [0, 0.05) is 48.0 Å². The van der Waals surface area contributed by atoms with Crippen LogP contribution in [0.5, 0.6) is 0 Å². The highest BCUT2D eigenvalue weighted by atomic mass is 32.1. The number of thiophene rings is 1. The lowest BCUT2D eigenvalue weighted by Gasteiger charge is -2.26. The van der Waals surface area contributed by atoms with Gasteiger partial charge in [-0.05, 0) is 76.9 Å². The number of hydrogen-bond acceptors (Lipinski definition) is 3. The van der Waals surface area contributed by atoms with Crippen molar-refractivity contribution in [2.75, 3.05) is 4.90 Å². The normalized spacial score (nSPS) is 11.6. The maximum absolute atomic E-state index is 6.17. The Bertz CT molecular complexity index is 2470. The fraction of sp³-hybridized carbons (Fsp3) is 0. The van der Waals surface area contributed by atoms with Gasteiger partial charge in [-0.3, -0.25) is 0 Å². The lowest BCUT2D eigenvalue weighted by Crippen LogP contribution is -2.09. The van der Waals surface area contributed by atoms with Crippen LogP contribution in [-0.4, -0.2) is 0 Å². The van der Waals surface area contributed by atoms with Gasteiger partial charge >= 0.3 is 0 Å². The molecule has 0 N–H and O–H groups in total. The van der Waals surface area contributed by atoms with Gasteiger partial charge in [0.1, 0.15) is 11.2 Å². The summed E-state index contributed by atoms with van der Waals surface area (Å²) in [6.45, 7) is 0. The molecule has 7 aromatic carbocycles. The molecular weight excluding hydrogens is 567 g/mol. The summed E-state index contributed by atoms with van der Waals surface area (Å²) in [7, 11) is 0. The predicted octanol–water partition coefficient (Wildman–Crippen LogP) is 12.8. The summed E-state index contributed by atoms with van der Waals surface area (Å²) in [4.78, 5) is 2.33. The van der Waals surface area contributed by atoms with E-state index in [4.69, 9.17) is 4.42 Å². The summed E-state index contributed by atoms with van der Waals surface area (Å²) < 4.78 is 8.82. The van der Waals surface area contributed by atoms with Crippen molar-refractivity contribution < 1.29 is 4.42 Å². The highest BCUT2D eigenvalue weighted by molar-refractivity contribution is 7.26. The molecule has 0 unspecified atom stereocenters. The molecule has 212 valence electrons. The first-order chi connectivity index (χ1) is 22.3. The molecule has 9 rings (SSSR count). The standard InChI is InChI=1S/C42H27NOS/c1-2-9-28(10-3-1)29-17-21-31(22-18-29)43(33-25-26-40-38(27-33)35-11-4-6-15-39(35)44-40)32-23-19-30(20-24-32)34-13-8-14-37-36-12-5-7-16-41(36)45-42(34)37/h1-27H. The largest absolute Gasteiger partial charge is 0.456 e. The number of para-hydroxylation sites is 1. The maximum atomic E-state index is 6.17. The number of rotatable bonds is 5. The van der Waals surface area contributed by atoms with E-state index in [9.17, 15) is 0 Å². The molecular formula is C42H27NOS. The minimum absolute atomic E-state index is 0.895. The summed E-state index contributed by atoms with van der Waals surface area (Å²) in [5.74, 6) is 0. The molecule has 0 aliphatic carbocycles. The van der Waals surface area contributed by atoms with E-state index >= 15 is 0 Å². The molecule has 0 amide bonds. The van der Waals surface area contributed by atoms with Crippen molar-refractivity contribution >= 4 is 70.5 Å². The second-order valence-electron chi connectivity index (χ2n) is 11.4. The lowest BCUT2D eigenvalue weighted by atomic mass is 10.0. The smallest absolute Gasteiger partial charge is 0.135 e. The number of furan rings is 1. The van der Waals surface area contributed by atoms with Gasteiger partial charge in [-0.15, -0.1) is 11.3 Å². The predicted molar refractivity (Wildman–Crippen MR) is 192 cm³/mol. The second kappa shape index (κ2) is 10.5. The van der Waals surface area contributed by atoms with E-state index in [0.717, 1.165) is 39.0 Å². The van der Waals surface area contributed by atoms with E-state index in [0.29, 0.717) is 0 Å². The lowest BCUT2D eigenvalue weighted by molar-refractivity contribution is 0.669. The molecule has 0 saturated heterocycles. The molecule has 9 aromatic rings. The van der Waals surface area contributed by atoms with Gasteiger partial charge in [0.25, 0.3) is 0 Å². The third-order valence-electron chi connectivity index (χ3n) is 8.69. The molecule has 0 bridgehead atoms. The van der Waals surface area contributed by atoms with E-state index in [1.165, 1.54) is 42.4 Å². The number of benzene rings is 7. The molecule has 2 aromatic heterocycles. The van der Waals surface area contributed by atoms with Gasteiger partial charge in [0.05, 0.1) is 0 Å². The summed E-state index contributed by atoms with van der Waals surface area (Å²) in [5, 5.41) is 4.88. The minimum atomic E-state index is 0.895.